The first kappa shape index (κ1) is 11.7. The van der Waals surface area contributed by atoms with Crippen molar-refractivity contribution in [2.75, 3.05) is 20.3 Å². The second kappa shape index (κ2) is 6.16. The average molecular weight is 210 g/mol. The maximum Gasteiger partial charge on any atom is 0.338 e. The van der Waals surface area contributed by atoms with E-state index in [-0.39, 0.29) is 13.2 Å². The number of aliphatic hydroxyl groups is 1. The monoisotopic (exact) mass is 210 g/mol. The molecule has 4 heteroatoms. The summed E-state index contributed by atoms with van der Waals surface area (Å²) < 4.78 is 9.57. The summed E-state index contributed by atoms with van der Waals surface area (Å²) in [6.45, 7) is 0.101. The molecule has 1 aromatic carbocycles. The van der Waals surface area contributed by atoms with Crippen molar-refractivity contribution in [3.05, 3.63) is 35.9 Å². The largest absolute Gasteiger partial charge is 0.459 e. The third-order valence-electron chi connectivity index (χ3n) is 1.78. The normalized spacial score (nSPS) is 12.1. The lowest BCUT2D eigenvalue weighted by Crippen LogP contribution is -2.23. The minimum absolute atomic E-state index is 0.0540. The summed E-state index contributed by atoms with van der Waals surface area (Å²) in [5, 5.41) is 9.24. The maximum atomic E-state index is 11.4. The smallest absolute Gasteiger partial charge is 0.338 e. The number of aliphatic hydroxyl groups excluding tert-OH is 1. The Morgan fingerprint density at radius 3 is 2.60 bits per heavy atom. The highest BCUT2D eigenvalue weighted by Gasteiger charge is 2.09. The minimum atomic E-state index is -0.775. The number of esters is 1. The molecular weight excluding hydrogens is 196 g/mol. The van der Waals surface area contributed by atoms with Crippen LogP contribution >= 0.6 is 0 Å². The van der Waals surface area contributed by atoms with Crippen LogP contribution in [-0.4, -0.2) is 37.5 Å². The summed E-state index contributed by atoms with van der Waals surface area (Å²) in [6, 6.07) is 8.64. The first-order chi connectivity index (χ1) is 7.24. The van der Waals surface area contributed by atoms with E-state index in [1.54, 1.807) is 24.3 Å². The Morgan fingerprint density at radius 2 is 2.00 bits per heavy atom. The zero-order chi connectivity index (χ0) is 11.1. The molecular formula is C11H14O4. The van der Waals surface area contributed by atoms with Crippen LogP contribution < -0.4 is 0 Å². The van der Waals surface area contributed by atoms with Crippen LogP contribution in [0.2, 0.25) is 0 Å². The summed E-state index contributed by atoms with van der Waals surface area (Å²) in [7, 11) is 1.47. The van der Waals surface area contributed by atoms with Crippen molar-refractivity contribution < 1.29 is 19.4 Å². The van der Waals surface area contributed by atoms with Gasteiger partial charge in [-0.1, -0.05) is 18.2 Å². The van der Waals surface area contributed by atoms with Gasteiger partial charge in [0.2, 0.25) is 0 Å². The predicted octanol–water partition coefficient (Wildman–Crippen LogP) is 0.851. The molecule has 0 amide bonds. The Hall–Kier alpha value is -1.39. The molecule has 1 N–H and O–H groups in total. The lowest BCUT2D eigenvalue weighted by atomic mass is 10.2. The minimum Gasteiger partial charge on any atom is -0.459 e. The van der Waals surface area contributed by atoms with Gasteiger partial charge >= 0.3 is 5.97 Å². The molecule has 15 heavy (non-hydrogen) atoms. The Kier molecular flexibility index (Phi) is 4.80. The van der Waals surface area contributed by atoms with Gasteiger partial charge in [-0.3, -0.25) is 0 Å². The number of ether oxygens (including phenoxy) is 2. The van der Waals surface area contributed by atoms with Crippen LogP contribution in [0.1, 0.15) is 10.4 Å². The molecule has 1 unspecified atom stereocenters. The Balaban J connectivity index is 2.37. The van der Waals surface area contributed by atoms with Gasteiger partial charge in [-0.05, 0) is 12.1 Å². The summed E-state index contributed by atoms with van der Waals surface area (Å²) >= 11 is 0. The topological polar surface area (TPSA) is 55.8 Å². The number of benzene rings is 1. The van der Waals surface area contributed by atoms with Crippen molar-refractivity contribution in [2.24, 2.45) is 0 Å². The van der Waals surface area contributed by atoms with E-state index in [1.165, 1.54) is 7.11 Å². The van der Waals surface area contributed by atoms with Crippen molar-refractivity contribution >= 4 is 5.97 Å². The van der Waals surface area contributed by atoms with Crippen LogP contribution in [0.15, 0.2) is 30.3 Å². The zero-order valence-corrected chi connectivity index (χ0v) is 8.55. The van der Waals surface area contributed by atoms with Crippen molar-refractivity contribution in [1.29, 1.82) is 0 Å². The van der Waals surface area contributed by atoms with Gasteiger partial charge < -0.3 is 14.6 Å². The van der Waals surface area contributed by atoms with E-state index in [0.717, 1.165) is 0 Å². The summed E-state index contributed by atoms with van der Waals surface area (Å²) in [4.78, 5) is 11.4. The van der Waals surface area contributed by atoms with Crippen LogP contribution in [-0.2, 0) is 9.47 Å². The van der Waals surface area contributed by atoms with Crippen LogP contribution in [0.25, 0.3) is 0 Å². The summed E-state index contributed by atoms with van der Waals surface area (Å²) in [5.74, 6) is -0.439. The molecule has 0 spiro atoms. The molecule has 0 aliphatic rings. The van der Waals surface area contributed by atoms with E-state index in [0.29, 0.717) is 5.56 Å². The van der Waals surface area contributed by atoms with Crippen molar-refractivity contribution in [3.8, 4) is 0 Å². The third kappa shape index (κ3) is 4.10. The number of hydrogen-bond acceptors (Lipinski definition) is 4. The van der Waals surface area contributed by atoms with Gasteiger partial charge in [0.25, 0.3) is 0 Å². The van der Waals surface area contributed by atoms with Crippen molar-refractivity contribution in [3.63, 3.8) is 0 Å². The highest BCUT2D eigenvalue weighted by Crippen LogP contribution is 2.01. The highest BCUT2D eigenvalue weighted by molar-refractivity contribution is 5.89. The fraction of sp³-hybridized carbons (Fsp3) is 0.364. The van der Waals surface area contributed by atoms with Crippen LogP contribution in [0.5, 0.6) is 0 Å². The standard InChI is InChI=1S/C11H14O4/c1-14-7-10(12)8-15-11(13)9-5-3-2-4-6-9/h2-6,10,12H,7-8H2,1H3. The SMILES string of the molecule is COCC(O)COC(=O)c1ccccc1. The highest BCUT2D eigenvalue weighted by atomic mass is 16.5. The molecule has 0 aliphatic carbocycles. The van der Waals surface area contributed by atoms with Crippen LogP contribution in [0.4, 0.5) is 0 Å². The second-order valence-corrected chi connectivity index (χ2v) is 3.07. The van der Waals surface area contributed by atoms with E-state index in [4.69, 9.17) is 9.47 Å². The lowest BCUT2D eigenvalue weighted by Gasteiger charge is -2.09. The number of carbonyl (C=O) groups is 1. The Bertz CT molecular complexity index is 297. The number of hydrogen-bond donors (Lipinski definition) is 1. The molecule has 0 saturated carbocycles. The fourth-order valence-corrected chi connectivity index (χ4v) is 1.07. The molecule has 1 aromatic rings. The fourth-order valence-electron chi connectivity index (χ4n) is 1.07. The maximum absolute atomic E-state index is 11.4. The Labute approximate surface area is 88.4 Å². The average Bonchev–Trinajstić information content (AvgIpc) is 2.27. The van der Waals surface area contributed by atoms with E-state index in [1.807, 2.05) is 6.07 Å². The molecule has 0 fully saturated rings. The van der Waals surface area contributed by atoms with Gasteiger partial charge in [0.1, 0.15) is 12.7 Å². The number of rotatable bonds is 5. The van der Waals surface area contributed by atoms with E-state index in [9.17, 15) is 9.90 Å². The molecule has 0 radical (unpaired) electrons. The molecule has 4 nitrogen and oxygen atoms in total. The van der Waals surface area contributed by atoms with Crippen molar-refractivity contribution in [2.45, 2.75) is 6.10 Å². The molecule has 0 bridgehead atoms. The molecule has 1 atom stereocenters. The van der Waals surface area contributed by atoms with Gasteiger partial charge in [-0.2, -0.15) is 0 Å². The zero-order valence-electron chi connectivity index (χ0n) is 8.55. The van der Waals surface area contributed by atoms with E-state index < -0.39 is 12.1 Å². The first-order valence-corrected chi connectivity index (χ1v) is 4.63. The molecule has 0 heterocycles. The quantitative estimate of drug-likeness (QED) is 0.732. The first-order valence-electron chi connectivity index (χ1n) is 4.63. The third-order valence-corrected chi connectivity index (χ3v) is 1.78. The molecule has 82 valence electrons. The predicted molar refractivity (Wildman–Crippen MR) is 54.6 cm³/mol. The van der Waals surface area contributed by atoms with Gasteiger partial charge in [-0.15, -0.1) is 0 Å². The van der Waals surface area contributed by atoms with Crippen LogP contribution in [0, 0.1) is 0 Å². The lowest BCUT2D eigenvalue weighted by molar-refractivity contribution is 0.000142. The van der Waals surface area contributed by atoms with E-state index >= 15 is 0 Å². The van der Waals surface area contributed by atoms with Crippen LogP contribution in [0.3, 0.4) is 0 Å². The van der Waals surface area contributed by atoms with Gasteiger partial charge in [0, 0.05) is 7.11 Å². The summed E-state index contributed by atoms with van der Waals surface area (Å²) in [6.07, 6.45) is -0.775. The molecule has 1 rings (SSSR count). The van der Waals surface area contributed by atoms with E-state index in [2.05, 4.69) is 0 Å². The summed E-state index contributed by atoms with van der Waals surface area (Å²) in [5.41, 5.74) is 0.474. The van der Waals surface area contributed by atoms with Gasteiger partial charge in [-0.25, -0.2) is 4.79 Å². The molecule has 0 aliphatic heterocycles. The van der Waals surface area contributed by atoms with Gasteiger partial charge in [0.05, 0.1) is 12.2 Å². The molecule has 0 saturated heterocycles. The molecule has 0 aromatic heterocycles. The van der Waals surface area contributed by atoms with Gasteiger partial charge in [0.15, 0.2) is 0 Å². The van der Waals surface area contributed by atoms with Crippen molar-refractivity contribution in [1.82, 2.24) is 0 Å². The Morgan fingerprint density at radius 1 is 1.33 bits per heavy atom. The second-order valence-electron chi connectivity index (χ2n) is 3.07. The number of methoxy groups -OCH3 is 1. The number of carbonyl (C=O) groups excluding carboxylic acids is 1.